The number of piperidine rings is 1. The molecule has 2 heterocycles. The lowest BCUT2D eigenvalue weighted by Crippen LogP contribution is -2.49. The molecule has 2 saturated heterocycles. The van der Waals surface area contributed by atoms with Gasteiger partial charge < -0.3 is 14.5 Å². The number of allylic oxidation sites excluding steroid dienone is 1. The van der Waals surface area contributed by atoms with Gasteiger partial charge in [0, 0.05) is 38.0 Å². The first-order valence-corrected chi connectivity index (χ1v) is 20.6. The molecular weight excluding hydrogens is 709 g/mol. The summed E-state index contributed by atoms with van der Waals surface area (Å²) < 4.78 is 33.4. The minimum atomic E-state index is -3.86. The number of nitrogens with zero attached hydrogens (tertiary/aromatic N) is 2. The van der Waals surface area contributed by atoms with Gasteiger partial charge in [0.05, 0.1) is 29.2 Å². The van der Waals surface area contributed by atoms with Crippen molar-refractivity contribution in [3.8, 4) is 11.1 Å². The van der Waals surface area contributed by atoms with Gasteiger partial charge in [-0.2, -0.15) is 0 Å². The maximum Gasteiger partial charge on any atom is 0.411 e. The number of nitrogens with one attached hydrogen (secondary N) is 2. The average Bonchev–Trinajstić information content (AvgIpc) is 4.07. The van der Waals surface area contributed by atoms with Gasteiger partial charge in [0.25, 0.3) is 0 Å². The normalized spacial score (nSPS) is 24.6. The van der Waals surface area contributed by atoms with Crippen LogP contribution in [0.15, 0.2) is 67.3 Å². The van der Waals surface area contributed by atoms with E-state index in [1.165, 1.54) is 4.90 Å². The molecule has 54 heavy (non-hydrogen) atoms. The van der Waals surface area contributed by atoms with Crippen LogP contribution in [0.25, 0.3) is 11.1 Å². The first kappa shape index (κ1) is 39.2. The molecule has 0 spiro atoms. The molecule has 4 amide bonds. The molecule has 4 fully saturated rings. The molecule has 2 aromatic carbocycles. The van der Waals surface area contributed by atoms with Crippen LogP contribution < -0.4 is 10.0 Å². The van der Waals surface area contributed by atoms with E-state index >= 15 is 0 Å². The summed E-state index contributed by atoms with van der Waals surface area (Å²) in [5.74, 6) is -2.90. The zero-order valence-corrected chi connectivity index (χ0v) is 32.2. The largest absolute Gasteiger partial charge is 0.444 e. The number of carbonyl (C=O) groups excluding carboxylic acids is 5. The Hall–Kier alpha value is -4.52. The van der Waals surface area contributed by atoms with Crippen molar-refractivity contribution in [2.75, 3.05) is 25.0 Å². The van der Waals surface area contributed by atoms with Crippen molar-refractivity contribution >= 4 is 45.3 Å². The highest BCUT2D eigenvalue weighted by atomic mass is 32.2. The Balaban J connectivity index is 1.20. The third-order valence-corrected chi connectivity index (χ3v) is 13.2. The molecule has 4 aliphatic rings. The summed E-state index contributed by atoms with van der Waals surface area (Å²) in [5.41, 5.74) is 0.532. The van der Waals surface area contributed by atoms with Gasteiger partial charge in [0.1, 0.15) is 6.10 Å². The lowest BCUT2D eigenvalue weighted by atomic mass is 9.77. The summed E-state index contributed by atoms with van der Waals surface area (Å²) in [6, 6.07) is 16.0. The number of amides is 4. The Kier molecular flexibility index (Phi) is 11.4. The summed E-state index contributed by atoms with van der Waals surface area (Å²) in [7, 11) is -3.86. The van der Waals surface area contributed by atoms with E-state index in [1.807, 2.05) is 63.2 Å². The van der Waals surface area contributed by atoms with Crippen LogP contribution in [0.5, 0.6) is 0 Å². The summed E-state index contributed by atoms with van der Waals surface area (Å²) in [5, 5.41) is 2.12. The molecule has 0 bridgehead atoms. The van der Waals surface area contributed by atoms with Gasteiger partial charge in [-0.15, -0.1) is 6.58 Å². The second kappa shape index (κ2) is 15.7. The fraction of sp³-hybridized carbons (Fsp3) is 0.537. The lowest BCUT2D eigenvalue weighted by Gasteiger charge is -2.36. The number of sulfonamides is 1. The molecule has 290 valence electrons. The second-order valence-corrected chi connectivity index (χ2v) is 18.4. The van der Waals surface area contributed by atoms with Crippen molar-refractivity contribution in [1.29, 1.82) is 0 Å². The minimum absolute atomic E-state index is 0.0152. The van der Waals surface area contributed by atoms with E-state index in [-0.39, 0.29) is 38.1 Å². The molecule has 0 unspecified atom stereocenters. The highest BCUT2D eigenvalue weighted by Crippen LogP contribution is 2.57. The third kappa shape index (κ3) is 8.88. The van der Waals surface area contributed by atoms with Crippen molar-refractivity contribution in [3.05, 3.63) is 67.3 Å². The van der Waals surface area contributed by atoms with Gasteiger partial charge in [-0.05, 0) is 73.1 Å². The Morgan fingerprint density at radius 1 is 0.963 bits per heavy atom. The SMILES string of the molecule is C=C[C@@H]1C[C@]1(CC(=O)[C@@H]1C[C@@H](OC(=O)Nc2ccc(-c3ccccc3)cc2)CN1C(=O)[C@@H](CC(=O)N1CCCCC1)C(C)(C)C)C(=O)NS(=O)(=O)C1CC1. The van der Waals surface area contributed by atoms with Gasteiger partial charge in [-0.1, -0.05) is 69.3 Å². The number of hydrogen-bond acceptors (Lipinski definition) is 8. The van der Waals surface area contributed by atoms with E-state index < -0.39 is 73.8 Å². The Morgan fingerprint density at radius 3 is 2.20 bits per heavy atom. The highest BCUT2D eigenvalue weighted by molar-refractivity contribution is 7.90. The van der Waals surface area contributed by atoms with Crippen molar-refractivity contribution in [1.82, 2.24) is 14.5 Å². The number of likely N-dealkylation sites (tertiary alicyclic amines) is 2. The van der Waals surface area contributed by atoms with E-state index in [0.29, 0.717) is 31.6 Å². The van der Waals surface area contributed by atoms with Crippen molar-refractivity contribution in [2.24, 2.45) is 22.7 Å². The predicted octanol–water partition coefficient (Wildman–Crippen LogP) is 5.70. The van der Waals surface area contributed by atoms with Crippen LogP contribution in [0.2, 0.25) is 0 Å². The maximum atomic E-state index is 14.6. The molecule has 0 radical (unpaired) electrons. The van der Waals surface area contributed by atoms with Crippen LogP contribution in [-0.4, -0.2) is 84.8 Å². The van der Waals surface area contributed by atoms with Crippen LogP contribution in [0.1, 0.15) is 78.6 Å². The molecule has 2 N–H and O–H groups in total. The van der Waals surface area contributed by atoms with Crippen molar-refractivity contribution < 1.29 is 37.1 Å². The molecule has 12 nitrogen and oxygen atoms in total. The Labute approximate surface area is 318 Å². The number of hydrogen-bond donors (Lipinski definition) is 2. The fourth-order valence-electron chi connectivity index (χ4n) is 7.83. The number of ketones is 1. The smallest absolute Gasteiger partial charge is 0.411 e. The topological polar surface area (TPSA) is 159 Å². The van der Waals surface area contributed by atoms with Crippen molar-refractivity contribution in [3.63, 3.8) is 0 Å². The summed E-state index contributed by atoms with van der Waals surface area (Å²) in [6.45, 7) is 10.6. The minimum Gasteiger partial charge on any atom is -0.444 e. The van der Waals surface area contributed by atoms with Gasteiger partial charge in [0.15, 0.2) is 5.78 Å². The van der Waals surface area contributed by atoms with E-state index in [9.17, 15) is 32.4 Å². The first-order valence-electron chi connectivity index (χ1n) is 19.0. The van der Waals surface area contributed by atoms with E-state index in [1.54, 1.807) is 23.1 Å². The number of anilines is 1. The van der Waals surface area contributed by atoms with Gasteiger partial charge in [0.2, 0.25) is 27.7 Å². The number of carbonyl (C=O) groups is 5. The molecule has 13 heteroatoms. The zero-order valence-electron chi connectivity index (χ0n) is 31.4. The molecule has 0 aromatic heterocycles. The molecule has 2 aliphatic heterocycles. The third-order valence-electron chi connectivity index (χ3n) is 11.4. The summed E-state index contributed by atoms with van der Waals surface area (Å²) >= 11 is 0. The van der Waals surface area contributed by atoms with Crippen LogP contribution in [0.4, 0.5) is 10.5 Å². The Morgan fingerprint density at radius 2 is 1.61 bits per heavy atom. The monoisotopic (exact) mass is 760 g/mol. The maximum absolute atomic E-state index is 14.6. The van der Waals surface area contributed by atoms with E-state index in [0.717, 1.165) is 30.4 Å². The van der Waals surface area contributed by atoms with Crippen LogP contribution in [-0.2, 0) is 33.9 Å². The Bertz CT molecular complexity index is 1870. The van der Waals surface area contributed by atoms with Gasteiger partial charge in [-0.3, -0.25) is 29.2 Å². The summed E-state index contributed by atoms with van der Waals surface area (Å²) in [6.07, 6.45) is 3.63. The molecule has 5 atom stereocenters. The van der Waals surface area contributed by atoms with Crippen LogP contribution in [0.3, 0.4) is 0 Å². The number of rotatable bonds is 13. The molecular formula is C41H52N4O8S. The van der Waals surface area contributed by atoms with E-state index in [2.05, 4.69) is 16.6 Å². The zero-order chi connectivity index (χ0) is 38.8. The first-order chi connectivity index (χ1) is 25.6. The average molecular weight is 761 g/mol. The van der Waals surface area contributed by atoms with Crippen LogP contribution >= 0.6 is 0 Å². The quantitative estimate of drug-likeness (QED) is 0.246. The second-order valence-electron chi connectivity index (χ2n) is 16.4. The molecule has 2 aliphatic carbocycles. The van der Waals surface area contributed by atoms with Gasteiger partial charge in [-0.25, -0.2) is 13.2 Å². The standard InChI is InChI=1S/C41H52N4O8S/c1-5-29-24-41(29,38(49)43-54(51,52)32-18-19-32)25-35(46)34-22-31(53-39(50)42-30-16-14-28(15-17-30)27-12-8-6-9-13-27)26-45(34)37(48)33(40(2,3)4)23-36(47)44-20-10-7-11-21-44/h5-6,8-9,12-17,29,31-34H,1,7,10-11,18-26H2,2-4H3,(H,42,50)(H,43,49)/t29-,31-,33-,34+,41-/m1/s1. The molecule has 6 rings (SSSR count). The summed E-state index contributed by atoms with van der Waals surface area (Å²) in [4.78, 5) is 72.3. The number of Topliss-reactive ketones (excluding diaryl/α,β-unsaturated/α-hetero) is 1. The molecule has 2 aromatic rings. The highest BCUT2D eigenvalue weighted by Gasteiger charge is 2.61. The predicted molar refractivity (Wildman–Crippen MR) is 204 cm³/mol. The number of benzene rings is 2. The van der Waals surface area contributed by atoms with Crippen molar-refractivity contribution in [2.45, 2.75) is 96.0 Å². The van der Waals surface area contributed by atoms with Gasteiger partial charge >= 0.3 is 6.09 Å². The molecule has 2 saturated carbocycles. The number of ether oxygens (including phenoxy) is 1. The van der Waals surface area contributed by atoms with Crippen LogP contribution in [0, 0.1) is 22.7 Å². The van der Waals surface area contributed by atoms with E-state index in [4.69, 9.17) is 4.74 Å². The lowest BCUT2D eigenvalue weighted by molar-refractivity contribution is -0.148. The fourth-order valence-corrected chi connectivity index (χ4v) is 9.21.